The van der Waals surface area contributed by atoms with Crippen LogP contribution < -0.4 is 0 Å². The van der Waals surface area contributed by atoms with Crippen LogP contribution in [0.4, 0.5) is 0 Å². The zero-order valence-electron chi connectivity index (χ0n) is 3.71. The largest absolute Gasteiger partial charge is 0.255 e. The van der Waals surface area contributed by atoms with Crippen LogP contribution in [0.2, 0.25) is 0 Å². The van der Waals surface area contributed by atoms with Gasteiger partial charge in [-0.15, -0.1) is 0 Å². The maximum Gasteiger partial charge on any atom is 0.231 e. The van der Waals surface area contributed by atoms with Crippen LogP contribution in [0.25, 0.3) is 0 Å². The average molecular weight is 120 g/mol. The van der Waals surface area contributed by atoms with Gasteiger partial charge in [-0.25, -0.2) is 20.4 Å². The maximum absolute atomic E-state index is 8.35. The van der Waals surface area contributed by atoms with Gasteiger partial charge in [-0.05, 0) is 0 Å². The summed E-state index contributed by atoms with van der Waals surface area (Å²) in [5.41, 5.74) is 0. The van der Waals surface area contributed by atoms with E-state index in [-0.39, 0.29) is 0 Å². The number of isocyanates is 2. The number of hydrogen-bond acceptors (Lipinski definition) is 6. The van der Waals surface area contributed by atoms with Gasteiger partial charge < -0.3 is 0 Å². The lowest BCUT2D eigenvalue weighted by atomic mass is 11.7. The van der Waals surface area contributed by atoms with Crippen molar-refractivity contribution < 1.29 is 20.1 Å². The lowest BCUT2D eigenvalue weighted by molar-refractivity contribution is -0.176. The van der Waals surface area contributed by atoms with E-state index in [1.165, 1.54) is 0 Å². The van der Waals surface area contributed by atoms with Crippen molar-refractivity contribution in [3.8, 4) is 0 Å². The summed E-state index contributed by atoms with van der Waals surface area (Å²) in [6.45, 7) is 0. The molecule has 0 saturated heterocycles. The molecule has 4 N–H and O–H groups in total. The Morgan fingerprint density at radius 2 is 1.00 bits per heavy atom. The summed E-state index contributed by atoms with van der Waals surface area (Å²) in [6.07, 6.45) is 1.50. The first-order valence-corrected chi connectivity index (χ1v) is 1.11. The topological polar surface area (TPSA) is 122 Å². The van der Waals surface area contributed by atoms with Gasteiger partial charge in [0.2, 0.25) is 12.2 Å². The van der Waals surface area contributed by atoms with Crippen LogP contribution in [0, 0.1) is 10.8 Å². The van der Waals surface area contributed by atoms with E-state index in [4.69, 9.17) is 30.9 Å². The van der Waals surface area contributed by atoms with Crippen LogP contribution in [0.1, 0.15) is 0 Å². The molecule has 46 valence electrons. The summed E-state index contributed by atoms with van der Waals surface area (Å²) in [5, 5.41) is 22.8. The molecule has 0 atom stereocenters. The highest BCUT2D eigenvalue weighted by Gasteiger charge is 1.04. The summed E-state index contributed by atoms with van der Waals surface area (Å²) in [7, 11) is 0. The molecule has 0 saturated carbocycles. The smallest absolute Gasteiger partial charge is 0.231 e. The Morgan fingerprint density at radius 1 is 1.00 bits per heavy atom. The van der Waals surface area contributed by atoms with Crippen LogP contribution >= 0.6 is 0 Å². The summed E-state index contributed by atoms with van der Waals surface area (Å²) < 4.78 is 0. The first-order valence-electron chi connectivity index (χ1n) is 1.11. The molecule has 6 nitrogen and oxygen atoms in total. The molecule has 0 spiro atoms. The predicted molar refractivity (Wildman–Crippen MR) is 22.1 cm³/mol. The third kappa shape index (κ3) is 36.4. The van der Waals surface area contributed by atoms with Crippen molar-refractivity contribution in [1.82, 2.24) is 0 Å². The molecule has 0 aromatic carbocycles. The van der Waals surface area contributed by atoms with Crippen molar-refractivity contribution in [3.63, 3.8) is 0 Å². The molecule has 0 fully saturated rings. The van der Waals surface area contributed by atoms with Gasteiger partial charge in [0.25, 0.3) is 0 Å². The van der Waals surface area contributed by atoms with Crippen LogP contribution in [0.5, 0.6) is 0 Å². The van der Waals surface area contributed by atoms with Gasteiger partial charge in [0.1, 0.15) is 0 Å². The van der Waals surface area contributed by atoms with E-state index in [0.717, 1.165) is 12.2 Å². The summed E-state index contributed by atoms with van der Waals surface area (Å²) >= 11 is 0. The molecule has 0 rings (SSSR count). The lowest BCUT2D eigenvalue weighted by Crippen LogP contribution is -1.29. The molecular weight excluding hydrogens is 116 g/mol. The first kappa shape index (κ1) is 15.9. The van der Waals surface area contributed by atoms with E-state index < -0.39 is 0 Å². The third-order valence-electron chi connectivity index (χ3n) is 0. The third-order valence-corrected chi connectivity index (χ3v) is 0. The molecule has 0 aromatic heterocycles. The molecule has 0 aliphatic rings. The second-order valence-corrected chi connectivity index (χ2v) is 0.204. The van der Waals surface area contributed by atoms with Crippen LogP contribution in [0.3, 0.4) is 0 Å². The molecule has 0 aliphatic carbocycles. The molecule has 6 heteroatoms. The number of carbonyl (C=O) groups excluding carboxylic acids is 2. The first-order chi connectivity index (χ1) is 3.83. The Kier molecular flexibility index (Phi) is 535. The van der Waals surface area contributed by atoms with Crippen molar-refractivity contribution in [1.29, 1.82) is 10.8 Å². The van der Waals surface area contributed by atoms with Gasteiger partial charge in [-0.1, -0.05) is 0 Å². The van der Waals surface area contributed by atoms with Crippen LogP contribution in [0.15, 0.2) is 0 Å². The number of hydrogen-bond donors (Lipinski definition) is 4. The molecule has 0 radical (unpaired) electrons. The predicted octanol–water partition coefficient (Wildman–Crippen LogP) is -0.181. The Labute approximate surface area is 44.3 Å². The fourth-order valence-electron chi connectivity index (χ4n) is 0. The minimum Gasteiger partial charge on any atom is -0.255 e. The van der Waals surface area contributed by atoms with E-state index in [9.17, 15) is 0 Å². The second kappa shape index (κ2) is 269. The van der Waals surface area contributed by atoms with Gasteiger partial charge in [0.05, 0.1) is 0 Å². The highest BCUT2D eigenvalue weighted by atomic mass is 17.0. The highest BCUT2D eigenvalue weighted by molar-refractivity contribution is 5.26. The molecular formula is C2H4N2O4. The monoisotopic (exact) mass is 120 g/mol. The quantitative estimate of drug-likeness (QED) is 0.153. The lowest BCUT2D eigenvalue weighted by Gasteiger charge is -1.25. The fraction of sp³-hybridized carbons (Fsp3) is 0. The van der Waals surface area contributed by atoms with Crippen molar-refractivity contribution in [2.45, 2.75) is 0 Å². The summed E-state index contributed by atoms with van der Waals surface area (Å²) in [5.74, 6) is 0. The Bertz CT molecular complexity index is 66.0. The molecule has 0 heterocycles. The van der Waals surface area contributed by atoms with Gasteiger partial charge >= 0.3 is 0 Å². The second-order valence-electron chi connectivity index (χ2n) is 0.204. The van der Waals surface area contributed by atoms with E-state index in [2.05, 4.69) is 0 Å². The zero-order chi connectivity index (χ0) is 7.41. The molecule has 0 bridgehead atoms. The summed E-state index contributed by atoms with van der Waals surface area (Å²) in [4.78, 5) is 16.7. The van der Waals surface area contributed by atoms with Gasteiger partial charge in [0.15, 0.2) is 0 Å². The van der Waals surface area contributed by atoms with Crippen molar-refractivity contribution in [3.05, 3.63) is 0 Å². The molecule has 0 aromatic rings. The highest BCUT2D eigenvalue weighted by Crippen LogP contribution is 0.871. The van der Waals surface area contributed by atoms with Crippen molar-refractivity contribution in [2.75, 3.05) is 0 Å². The van der Waals surface area contributed by atoms with E-state index in [0.29, 0.717) is 0 Å². The Hall–Kier alpha value is -1.32. The zero-order valence-corrected chi connectivity index (χ0v) is 3.71. The van der Waals surface area contributed by atoms with Crippen LogP contribution in [-0.2, 0) is 9.59 Å². The molecule has 0 amide bonds. The molecule has 0 aliphatic heterocycles. The minimum atomic E-state index is 0.750. The van der Waals surface area contributed by atoms with Crippen LogP contribution in [-0.4, -0.2) is 22.7 Å². The van der Waals surface area contributed by atoms with Gasteiger partial charge in [0, 0.05) is 0 Å². The number of nitrogens with one attached hydrogen (secondary N) is 2. The van der Waals surface area contributed by atoms with E-state index in [1.807, 2.05) is 0 Å². The molecule has 0 unspecified atom stereocenters. The average Bonchev–Trinajstić information content (AvgIpc) is 1.75. The minimum absolute atomic E-state index is 0.750. The Balaban J connectivity index is -0.0000000483. The SMILES string of the molecule is N=C=O.N=C=O.OO. The summed E-state index contributed by atoms with van der Waals surface area (Å²) in [6, 6.07) is 0. The maximum atomic E-state index is 8.35. The van der Waals surface area contributed by atoms with E-state index >= 15 is 0 Å². The fourth-order valence-corrected chi connectivity index (χ4v) is 0. The molecule has 8 heavy (non-hydrogen) atoms. The number of rotatable bonds is 0. The van der Waals surface area contributed by atoms with Crippen molar-refractivity contribution >= 4 is 12.2 Å². The van der Waals surface area contributed by atoms with Crippen molar-refractivity contribution in [2.24, 2.45) is 0 Å². The van der Waals surface area contributed by atoms with E-state index in [1.54, 1.807) is 0 Å². The normalized spacial score (nSPS) is 2.75. The standard InChI is InChI=1S/2CHNO.H2O2/c2*2-1-3;1-2/h2*2H;1-2H. The van der Waals surface area contributed by atoms with Gasteiger partial charge in [-0.2, -0.15) is 0 Å². The van der Waals surface area contributed by atoms with Gasteiger partial charge in [-0.3, -0.25) is 10.5 Å². The Morgan fingerprint density at radius 3 is 1.00 bits per heavy atom.